The van der Waals surface area contributed by atoms with Gasteiger partial charge in [0.25, 0.3) is 15.7 Å². The van der Waals surface area contributed by atoms with E-state index in [9.17, 15) is 36.0 Å². The number of anilines is 1. The second-order valence-corrected chi connectivity index (χ2v) is 10.8. The molecule has 2 aromatic carbocycles. The third-order valence-electron chi connectivity index (χ3n) is 6.42. The van der Waals surface area contributed by atoms with Crippen molar-refractivity contribution in [3.05, 3.63) is 84.1 Å². The summed E-state index contributed by atoms with van der Waals surface area (Å²) >= 11 is 0. The molecule has 5 rings (SSSR count). The Labute approximate surface area is 214 Å². The minimum Gasteiger partial charge on any atom is -0.404 e. The van der Waals surface area contributed by atoms with Crippen molar-refractivity contribution in [3.63, 3.8) is 0 Å². The van der Waals surface area contributed by atoms with Crippen molar-refractivity contribution in [1.82, 2.24) is 10.3 Å². The van der Waals surface area contributed by atoms with Crippen LogP contribution in [0.5, 0.6) is 5.88 Å². The van der Waals surface area contributed by atoms with Crippen molar-refractivity contribution in [3.8, 4) is 5.88 Å². The molecule has 13 heteroatoms. The maximum absolute atomic E-state index is 13.2. The highest BCUT2D eigenvalue weighted by molar-refractivity contribution is 7.92. The van der Waals surface area contributed by atoms with Crippen molar-refractivity contribution in [2.24, 2.45) is 5.92 Å². The number of pyridine rings is 1. The quantitative estimate of drug-likeness (QED) is 0.371. The molecule has 38 heavy (non-hydrogen) atoms. The monoisotopic (exact) mass is 545 g/mol. The number of esters is 1. The van der Waals surface area contributed by atoms with Gasteiger partial charge in [-0.05, 0) is 66.8 Å². The first-order valence-corrected chi connectivity index (χ1v) is 12.7. The summed E-state index contributed by atoms with van der Waals surface area (Å²) in [7, 11) is -5.57. The Hall–Kier alpha value is -4.26. The first kappa shape index (κ1) is 25.4. The van der Waals surface area contributed by atoms with Crippen LogP contribution in [0.3, 0.4) is 0 Å². The highest BCUT2D eigenvalue weighted by Crippen LogP contribution is 2.50. The van der Waals surface area contributed by atoms with Gasteiger partial charge >= 0.3 is 17.5 Å². The molecule has 2 atom stereocenters. The van der Waals surface area contributed by atoms with Gasteiger partial charge < -0.3 is 10.1 Å². The standard InChI is InChI=1S/C25H18F3N3O6S/c26-25(27,28)38(35,36)19-8-6-18(7-9-19)31-22(33)24(30-23(31)34)14-17(24)12-15-10-11-29-20(13-15)37-21(32)16-4-2-1-3-5-16/h1-11,13,17H,12,14H2,(H,30,34). The Morgan fingerprint density at radius 3 is 2.42 bits per heavy atom. The van der Waals surface area contributed by atoms with Crippen molar-refractivity contribution >= 4 is 33.4 Å². The smallest absolute Gasteiger partial charge is 0.404 e. The Bertz CT molecular complexity index is 1540. The number of hydrogen-bond acceptors (Lipinski definition) is 7. The van der Waals surface area contributed by atoms with E-state index >= 15 is 0 Å². The summed E-state index contributed by atoms with van der Waals surface area (Å²) in [6.07, 6.45) is 2.12. The zero-order valence-corrected chi connectivity index (χ0v) is 20.1. The Morgan fingerprint density at radius 2 is 1.76 bits per heavy atom. The van der Waals surface area contributed by atoms with Crippen LogP contribution < -0.4 is 15.0 Å². The number of halogens is 3. The molecule has 1 aliphatic carbocycles. The number of benzene rings is 2. The fraction of sp³-hybridized carbons (Fsp3) is 0.200. The van der Waals surface area contributed by atoms with Crippen LogP contribution in [0, 0.1) is 5.92 Å². The molecule has 1 aromatic heterocycles. The number of carbonyl (C=O) groups is 3. The van der Waals surface area contributed by atoms with Gasteiger partial charge in [0.2, 0.25) is 5.88 Å². The summed E-state index contributed by atoms with van der Waals surface area (Å²) in [5.41, 5.74) is -5.68. The topological polar surface area (TPSA) is 123 Å². The number of nitrogens with one attached hydrogen (secondary N) is 1. The van der Waals surface area contributed by atoms with E-state index in [2.05, 4.69) is 10.3 Å². The van der Waals surface area contributed by atoms with Gasteiger partial charge in [0.05, 0.1) is 16.1 Å². The second-order valence-electron chi connectivity index (χ2n) is 8.85. The fourth-order valence-corrected chi connectivity index (χ4v) is 5.13. The van der Waals surface area contributed by atoms with Gasteiger partial charge in [0.15, 0.2) is 0 Å². The summed E-state index contributed by atoms with van der Waals surface area (Å²) in [5.74, 6) is -1.40. The number of aromatic nitrogens is 1. The van der Waals surface area contributed by atoms with E-state index in [1.165, 1.54) is 6.20 Å². The van der Waals surface area contributed by atoms with Crippen LogP contribution in [-0.4, -0.2) is 42.4 Å². The lowest BCUT2D eigenvalue weighted by Gasteiger charge is -2.14. The van der Waals surface area contributed by atoms with Gasteiger partial charge in [-0.3, -0.25) is 4.79 Å². The third kappa shape index (κ3) is 4.38. The number of imide groups is 1. The molecular weight excluding hydrogens is 527 g/mol. The number of urea groups is 1. The molecule has 1 aliphatic heterocycles. The average molecular weight is 545 g/mol. The van der Waals surface area contributed by atoms with Gasteiger partial charge in [0, 0.05) is 12.3 Å². The Morgan fingerprint density at radius 1 is 1.08 bits per heavy atom. The zero-order chi connectivity index (χ0) is 27.3. The number of ether oxygens (including phenoxy) is 1. The lowest BCUT2D eigenvalue weighted by molar-refractivity contribution is -0.119. The van der Waals surface area contributed by atoms with E-state index < -0.39 is 43.7 Å². The lowest BCUT2D eigenvalue weighted by Crippen LogP contribution is -2.35. The molecule has 1 saturated carbocycles. The highest BCUT2D eigenvalue weighted by atomic mass is 32.2. The molecule has 3 amide bonds. The SMILES string of the molecule is O=C(Oc1cc(CC2CC23NC(=O)N(c2ccc(S(=O)(=O)C(F)(F)F)cc2)C3=O)ccn1)c1ccccc1. The minimum atomic E-state index is -5.57. The number of rotatable bonds is 6. The fourth-order valence-electron chi connectivity index (χ4n) is 4.37. The molecule has 9 nitrogen and oxygen atoms in total. The molecule has 0 radical (unpaired) electrons. The molecule has 2 fully saturated rings. The van der Waals surface area contributed by atoms with Gasteiger partial charge in [-0.1, -0.05) is 18.2 Å². The van der Waals surface area contributed by atoms with Crippen LogP contribution in [0.1, 0.15) is 22.3 Å². The van der Waals surface area contributed by atoms with E-state index in [0.29, 0.717) is 36.1 Å². The summed E-state index contributed by atoms with van der Waals surface area (Å²) in [4.78, 5) is 41.9. The average Bonchev–Trinajstić information content (AvgIpc) is 3.49. The van der Waals surface area contributed by atoms with Crippen molar-refractivity contribution in [2.75, 3.05) is 4.90 Å². The largest absolute Gasteiger partial charge is 0.501 e. The van der Waals surface area contributed by atoms with Crippen molar-refractivity contribution < 1.29 is 40.7 Å². The normalized spacial score (nSPS) is 20.9. The van der Waals surface area contributed by atoms with Gasteiger partial charge in [-0.25, -0.2) is 27.9 Å². The van der Waals surface area contributed by atoms with E-state index in [1.54, 1.807) is 42.5 Å². The van der Waals surface area contributed by atoms with E-state index in [-0.39, 0.29) is 17.5 Å². The van der Waals surface area contributed by atoms with Crippen LogP contribution in [0.25, 0.3) is 0 Å². The van der Waals surface area contributed by atoms with Gasteiger partial charge in [-0.2, -0.15) is 13.2 Å². The summed E-state index contributed by atoms with van der Waals surface area (Å²) in [5, 5.41) is 2.65. The Balaban J connectivity index is 1.28. The van der Waals surface area contributed by atoms with Crippen LogP contribution in [0.2, 0.25) is 0 Å². The zero-order valence-electron chi connectivity index (χ0n) is 19.3. The number of amides is 3. The maximum Gasteiger partial charge on any atom is 0.501 e. The number of carbonyl (C=O) groups excluding carboxylic acids is 3. The molecule has 2 unspecified atom stereocenters. The molecule has 196 valence electrons. The van der Waals surface area contributed by atoms with Gasteiger partial charge in [-0.15, -0.1) is 0 Å². The summed E-state index contributed by atoms with van der Waals surface area (Å²) in [6.45, 7) is 0. The summed E-state index contributed by atoms with van der Waals surface area (Å²) < 4.78 is 66.9. The van der Waals surface area contributed by atoms with Crippen molar-refractivity contribution in [1.29, 1.82) is 0 Å². The maximum atomic E-state index is 13.2. The predicted octanol–water partition coefficient (Wildman–Crippen LogP) is 3.65. The molecule has 2 aliphatic rings. The molecule has 3 aromatic rings. The first-order chi connectivity index (χ1) is 17.9. The molecule has 1 N–H and O–H groups in total. The van der Waals surface area contributed by atoms with E-state index in [0.717, 1.165) is 17.0 Å². The van der Waals surface area contributed by atoms with Crippen LogP contribution in [0.15, 0.2) is 77.8 Å². The van der Waals surface area contributed by atoms with Crippen molar-refractivity contribution in [2.45, 2.75) is 28.8 Å². The van der Waals surface area contributed by atoms with Crippen LogP contribution in [0.4, 0.5) is 23.7 Å². The number of hydrogen-bond donors (Lipinski definition) is 1. The van der Waals surface area contributed by atoms with Gasteiger partial charge in [0.1, 0.15) is 5.54 Å². The van der Waals surface area contributed by atoms with Crippen LogP contribution in [-0.2, 0) is 21.1 Å². The first-order valence-electron chi connectivity index (χ1n) is 11.2. The number of nitrogens with zero attached hydrogens (tertiary/aromatic N) is 2. The molecule has 1 saturated heterocycles. The van der Waals surface area contributed by atoms with Crippen LogP contribution >= 0.6 is 0 Å². The number of sulfone groups is 1. The minimum absolute atomic E-state index is 0.0600. The molecule has 2 heterocycles. The predicted molar refractivity (Wildman–Crippen MR) is 126 cm³/mol. The summed E-state index contributed by atoms with van der Waals surface area (Å²) in [6, 6.07) is 14.2. The third-order valence-corrected chi connectivity index (χ3v) is 7.92. The second kappa shape index (κ2) is 8.94. The van der Waals surface area contributed by atoms with E-state index in [1.807, 2.05) is 0 Å². The molecule has 1 spiro atoms. The molecular formula is C25H18F3N3O6S. The number of alkyl halides is 3. The highest BCUT2D eigenvalue weighted by Gasteiger charge is 2.67. The Kier molecular flexibility index (Phi) is 5.97. The molecule has 0 bridgehead atoms. The van der Waals surface area contributed by atoms with E-state index in [4.69, 9.17) is 4.74 Å². The lowest BCUT2D eigenvalue weighted by atomic mass is 10.1.